The molecule has 0 aliphatic heterocycles. The molecule has 1 unspecified atom stereocenters. The summed E-state index contributed by atoms with van der Waals surface area (Å²) in [6.45, 7) is 3.80. The number of carbonyl (C=O) groups excluding carboxylic acids is 1. The van der Waals surface area contributed by atoms with Gasteiger partial charge in [-0.05, 0) is 80.2 Å². The lowest BCUT2D eigenvalue weighted by atomic mass is 9.73. The highest BCUT2D eigenvalue weighted by Gasteiger charge is 2.25. The Morgan fingerprint density at radius 1 is 1.20 bits per heavy atom. The normalized spacial score (nSPS) is 16.7. The van der Waals surface area contributed by atoms with Gasteiger partial charge in [0, 0.05) is 36.5 Å². The van der Waals surface area contributed by atoms with Crippen LogP contribution in [-0.2, 0) is 22.7 Å². The number of nitrogens with zero attached hydrogens (tertiary/aromatic N) is 3. The van der Waals surface area contributed by atoms with Crippen molar-refractivity contribution in [1.29, 1.82) is 0 Å². The van der Waals surface area contributed by atoms with Gasteiger partial charge in [-0.25, -0.2) is 18.2 Å². The Balaban J connectivity index is 1.32. The Bertz CT molecular complexity index is 1570. The summed E-state index contributed by atoms with van der Waals surface area (Å²) in [6, 6.07) is 8.48. The topological polar surface area (TPSA) is 156 Å². The largest absolute Gasteiger partial charge is 0.483 e. The van der Waals surface area contributed by atoms with E-state index in [-0.39, 0.29) is 17.2 Å². The molecular formula is C28H34BN5O6S. The van der Waals surface area contributed by atoms with Crippen LogP contribution in [0.3, 0.4) is 0 Å². The van der Waals surface area contributed by atoms with Crippen LogP contribution in [0.5, 0.6) is 5.88 Å². The van der Waals surface area contributed by atoms with Crippen molar-refractivity contribution >= 4 is 28.7 Å². The summed E-state index contributed by atoms with van der Waals surface area (Å²) < 4.78 is 33.2. The van der Waals surface area contributed by atoms with Crippen molar-refractivity contribution in [3.63, 3.8) is 0 Å². The second-order valence-electron chi connectivity index (χ2n) is 10.6. The third-order valence-corrected chi connectivity index (χ3v) is 8.82. The zero-order valence-corrected chi connectivity index (χ0v) is 23.9. The van der Waals surface area contributed by atoms with E-state index in [4.69, 9.17) is 4.74 Å². The van der Waals surface area contributed by atoms with Gasteiger partial charge < -0.3 is 25.4 Å². The Hall–Kier alpha value is -3.68. The molecule has 5 rings (SSSR count). The van der Waals surface area contributed by atoms with Crippen LogP contribution in [0.2, 0.25) is 0 Å². The van der Waals surface area contributed by atoms with E-state index in [2.05, 4.69) is 26.8 Å². The van der Waals surface area contributed by atoms with Gasteiger partial charge in [0.25, 0.3) is 0 Å². The van der Waals surface area contributed by atoms with E-state index in [1.54, 1.807) is 23.2 Å². The fraction of sp³-hybridized carbons (Fsp3) is 0.393. The Kier molecular flexibility index (Phi) is 8.48. The van der Waals surface area contributed by atoms with Crippen LogP contribution in [0.4, 0.5) is 10.5 Å². The molecule has 1 atom stereocenters. The number of aryl methyl sites for hydroxylation is 1. The lowest BCUT2D eigenvalue weighted by molar-refractivity contribution is 0.181. The Morgan fingerprint density at radius 3 is 2.73 bits per heavy atom. The predicted octanol–water partition coefficient (Wildman–Crippen LogP) is 3.44. The highest BCUT2D eigenvalue weighted by molar-refractivity contribution is 7.91. The molecule has 0 fully saturated rings. The number of anilines is 1. The molecule has 216 valence electrons. The standard InChI is InChI=1S/C28H34BN5O6S/c1-18(2)34-15-13-26(33-34)41(38,39)17-31-28(35)32-27-23-5-3-4-19(23)6-11-24(27)20-12-14-30-25(16-20)40-22-9-7-21(8-10-22)29(36)37/h6-7,11-16,18,22,36-37H,3-5,8-10,17H2,1-2H3,(H2,31,32,35). The number of hydrogen-bond acceptors (Lipinski definition) is 8. The van der Waals surface area contributed by atoms with Crippen molar-refractivity contribution in [2.45, 2.75) is 69.5 Å². The first-order valence-electron chi connectivity index (χ1n) is 13.8. The quantitative estimate of drug-likeness (QED) is 0.281. The summed E-state index contributed by atoms with van der Waals surface area (Å²) in [5.74, 6) is -0.159. The number of fused-ring (bicyclic) bond motifs is 1. The smallest absolute Gasteiger partial charge is 0.474 e. The molecule has 0 radical (unpaired) electrons. The molecule has 2 aliphatic carbocycles. The van der Waals surface area contributed by atoms with Crippen molar-refractivity contribution in [1.82, 2.24) is 20.1 Å². The first kappa shape index (κ1) is 28.8. The number of carbonyl (C=O) groups is 1. The molecule has 1 aromatic carbocycles. The molecule has 3 aromatic rings. The van der Waals surface area contributed by atoms with E-state index in [0.29, 0.717) is 36.3 Å². The van der Waals surface area contributed by atoms with E-state index in [1.807, 2.05) is 32.0 Å². The van der Waals surface area contributed by atoms with Crippen LogP contribution in [0.1, 0.15) is 56.7 Å². The fourth-order valence-electron chi connectivity index (χ4n) is 5.20. The van der Waals surface area contributed by atoms with Gasteiger partial charge in [0.1, 0.15) is 12.0 Å². The minimum absolute atomic E-state index is 0.0144. The summed E-state index contributed by atoms with van der Waals surface area (Å²) in [6.07, 6.45) is 9.29. The first-order valence-corrected chi connectivity index (χ1v) is 15.4. The molecule has 0 saturated heterocycles. The molecule has 41 heavy (non-hydrogen) atoms. The first-order chi connectivity index (χ1) is 19.6. The molecule has 4 N–H and O–H groups in total. The number of amides is 2. The average Bonchev–Trinajstić information content (AvgIpc) is 3.64. The second kappa shape index (κ2) is 12.1. The van der Waals surface area contributed by atoms with Crippen molar-refractivity contribution in [3.8, 4) is 17.0 Å². The van der Waals surface area contributed by atoms with Gasteiger partial charge in [0.05, 0.1) is 5.69 Å². The summed E-state index contributed by atoms with van der Waals surface area (Å²) >= 11 is 0. The lowest BCUT2D eigenvalue weighted by Crippen LogP contribution is -2.34. The average molecular weight is 579 g/mol. The zero-order valence-electron chi connectivity index (χ0n) is 23.1. The zero-order chi connectivity index (χ0) is 29.1. The Labute approximate surface area is 239 Å². The molecule has 2 aromatic heterocycles. The molecule has 13 heteroatoms. The van der Waals surface area contributed by atoms with Gasteiger partial charge in [0.15, 0.2) is 5.03 Å². The van der Waals surface area contributed by atoms with Crippen LogP contribution in [0.15, 0.2) is 59.3 Å². The summed E-state index contributed by atoms with van der Waals surface area (Å²) in [7, 11) is -5.26. The van der Waals surface area contributed by atoms with Crippen molar-refractivity contribution in [3.05, 3.63) is 65.4 Å². The fourth-order valence-corrected chi connectivity index (χ4v) is 6.16. The molecule has 11 nitrogen and oxygen atoms in total. The summed E-state index contributed by atoms with van der Waals surface area (Å²) in [5, 5.41) is 28.2. The minimum Gasteiger partial charge on any atom is -0.474 e. The lowest BCUT2D eigenvalue weighted by Gasteiger charge is -2.23. The maximum atomic E-state index is 13.0. The molecular weight excluding hydrogens is 545 g/mol. The second-order valence-corrected chi connectivity index (χ2v) is 12.6. The Morgan fingerprint density at radius 2 is 2.02 bits per heavy atom. The molecule has 2 aliphatic rings. The van der Waals surface area contributed by atoms with Crippen LogP contribution >= 0.6 is 0 Å². The monoisotopic (exact) mass is 579 g/mol. The predicted molar refractivity (Wildman–Crippen MR) is 155 cm³/mol. The number of allylic oxidation sites excluding steroid dienone is 1. The highest BCUT2D eigenvalue weighted by atomic mass is 32.2. The van der Waals surface area contributed by atoms with Crippen LogP contribution in [0.25, 0.3) is 11.1 Å². The number of urea groups is 1. The minimum atomic E-state index is -3.82. The number of pyridine rings is 1. The van der Waals surface area contributed by atoms with Crippen LogP contribution < -0.4 is 15.4 Å². The van der Waals surface area contributed by atoms with Gasteiger partial charge in [-0.2, -0.15) is 5.10 Å². The maximum absolute atomic E-state index is 13.0. The van der Waals surface area contributed by atoms with Crippen LogP contribution in [0, 0.1) is 0 Å². The van der Waals surface area contributed by atoms with Gasteiger partial charge in [0.2, 0.25) is 15.7 Å². The molecule has 2 heterocycles. The number of aromatic nitrogens is 3. The SMILES string of the molecule is CC(C)n1ccc(S(=O)(=O)CNC(=O)Nc2c(-c3ccnc(OC4CC=C(B(O)O)CC4)c3)ccc3c2CCC3)n1. The van der Waals surface area contributed by atoms with Gasteiger partial charge in [-0.1, -0.05) is 18.2 Å². The van der Waals surface area contributed by atoms with Crippen molar-refractivity contribution in [2.75, 3.05) is 11.2 Å². The number of benzene rings is 1. The third kappa shape index (κ3) is 6.63. The van der Waals surface area contributed by atoms with E-state index in [9.17, 15) is 23.3 Å². The molecule has 0 bridgehead atoms. The van der Waals surface area contributed by atoms with E-state index in [1.165, 1.54) is 6.07 Å². The van der Waals surface area contributed by atoms with Gasteiger partial charge in [-0.3, -0.25) is 4.68 Å². The summed E-state index contributed by atoms with van der Waals surface area (Å²) in [4.78, 5) is 17.4. The van der Waals surface area contributed by atoms with Gasteiger partial charge in [-0.15, -0.1) is 0 Å². The highest BCUT2D eigenvalue weighted by Crippen LogP contribution is 2.38. The van der Waals surface area contributed by atoms with E-state index >= 15 is 0 Å². The van der Waals surface area contributed by atoms with Crippen molar-refractivity contribution < 1.29 is 28.0 Å². The van der Waals surface area contributed by atoms with E-state index in [0.717, 1.165) is 41.5 Å². The maximum Gasteiger partial charge on any atom is 0.483 e. The van der Waals surface area contributed by atoms with Crippen molar-refractivity contribution in [2.24, 2.45) is 0 Å². The number of ether oxygens (including phenoxy) is 1. The van der Waals surface area contributed by atoms with Gasteiger partial charge >= 0.3 is 13.1 Å². The molecule has 0 saturated carbocycles. The summed E-state index contributed by atoms with van der Waals surface area (Å²) in [5.41, 5.74) is 4.99. The van der Waals surface area contributed by atoms with Crippen LogP contribution in [-0.4, -0.2) is 58.4 Å². The number of rotatable bonds is 9. The number of hydrogen-bond donors (Lipinski definition) is 4. The molecule has 0 spiro atoms. The third-order valence-electron chi connectivity index (χ3n) is 7.44. The van der Waals surface area contributed by atoms with E-state index < -0.39 is 28.9 Å². The number of nitrogens with one attached hydrogen (secondary N) is 2. The molecule has 2 amide bonds. The number of sulfone groups is 1.